The topological polar surface area (TPSA) is 12.9 Å². The van der Waals surface area contributed by atoms with E-state index in [2.05, 4.69) is 43.1 Å². The van der Waals surface area contributed by atoms with E-state index in [1.807, 2.05) is 26.1 Å². The van der Waals surface area contributed by atoms with Gasteiger partial charge in [-0.05, 0) is 17.5 Å². The Hall–Kier alpha value is -1.37. The monoisotopic (exact) mass is 201 g/mol. The van der Waals surface area contributed by atoms with Crippen molar-refractivity contribution in [3.8, 4) is 0 Å². The van der Waals surface area contributed by atoms with Gasteiger partial charge in [-0.25, -0.2) is 0 Å². The zero-order valence-electron chi connectivity index (χ0n) is 9.99. The molecule has 0 saturated heterocycles. The van der Waals surface area contributed by atoms with Crippen molar-refractivity contribution in [2.75, 3.05) is 0 Å². The molecule has 0 radical (unpaired) electrons. The van der Waals surface area contributed by atoms with E-state index in [1.54, 1.807) is 0 Å². The lowest BCUT2D eigenvalue weighted by atomic mass is 10.00. The maximum atomic E-state index is 4.40. The SMILES string of the molecule is CC.CC(C)c1cccc2cccnc12. The Morgan fingerprint density at radius 1 is 1.00 bits per heavy atom. The van der Waals surface area contributed by atoms with E-state index < -0.39 is 0 Å². The molecular formula is C14H19N. The molecule has 0 N–H and O–H groups in total. The average molecular weight is 201 g/mol. The maximum absolute atomic E-state index is 4.40. The third-order valence-electron chi connectivity index (χ3n) is 2.29. The van der Waals surface area contributed by atoms with Gasteiger partial charge in [-0.15, -0.1) is 0 Å². The normalized spacial score (nSPS) is 9.93. The van der Waals surface area contributed by atoms with Crippen molar-refractivity contribution in [2.45, 2.75) is 33.6 Å². The fourth-order valence-corrected chi connectivity index (χ4v) is 1.59. The largest absolute Gasteiger partial charge is 0.256 e. The van der Waals surface area contributed by atoms with E-state index in [0.29, 0.717) is 5.92 Å². The smallest absolute Gasteiger partial charge is 0.0736 e. The molecule has 0 bridgehead atoms. The molecule has 1 nitrogen and oxygen atoms in total. The third-order valence-corrected chi connectivity index (χ3v) is 2.29. The number of nitrogens with zero attached hydrogens (tertiary/aromatic N) is 1. The van der Waals surface area contributed by atoms with Crippen LogP contribution in [0.3, 0.4) is 0 Å². The van der Waals surface area contributed by atoms with Gasteiger partial charge in [0.05, 0.1) is 5.52 Å². The standard InChI is InChI=1S/C12H13N.C2H6/c1-9(2)11-7-3-5-10-6-4-8-13-12(10)11;1-2/h3-9H,1-2H3;1-2H3. The van der Waals surface area contributed by atoms with Crippen LogP contribution in [0.1, 0.15) is 39.2 Å². The predicted molar refractivity (Wildman–Crippen MR) is 67.2 cm³/mol. The Bertz CT molecular complexity index is 413. The number of hydrogen-bond acceptors (Lipinski definition) is 1. The molecule has 1 aromatic heterocycles. The molecule has 2 aromatic rings. The molecule has 1 aromatic carbocycles. The van der Waals surface area contributed by atoms with E-state index in [4.69, 9.17) is 0 Å². The fraction of sp³-hybridized carbons (Fsp3) is 0.357. The Morgan fingerprint density at radius 3 is 2.33 bits per heavy atom. The number of aromatic nitrogens is 1. The van der Waals surface area contributed by atoms with Gasteiger partial charge in [0.2, 0.25) is 0 Å². The minimum Gasteiger partial charge on any atom is -0.256 e. The van der Waals surface area contributed by atoms with Crippen LogP contribution in [-0.4, -0.2) is 4.98 Å². The first-order valence-corrected chi connectivity index (χ1v) is 5.62. The summed E-state index contributed by atoms with van der Waals surface area (Å²) in [7, 11) is 0. The Kier molecular flexibility index (Phi) is 4.29. The second-order valence-corrected chi connectivity index (χ2v) is 3.58. The molecule has 0 spiro atoms. The summed E-state index contributed by atoms with van der Waals surface area (Å²) in [6.45, 7) is 8.40. The van der Waals surface area contributed by atoms with Gasteiger partial charge in [-0.1, -0.05) is 52.0 Å². The van der Waals surface area contributed by atoms with Crippen molar-refractivity contribution in [1.82, 2.24) is 4.98 Å². The summed E-state index contributed by atoms with van der Waals surface area (Å²) in [4.78, 5) is 4.40. The zero-order valence-corrected chi connectivity index (χ0v) is 9.99. The highest BCUT2D eigenvalue weighted by atomic mass is 14.6. The van der Waals surface area contributed by atoms with E-state index in [0.717, 1.165) is 5.52 Å². The minimum absolute atomic E-state index is 0.540. The van der Waals surface area contributed by atoms with Crippen LogP contribution in [0.15, 0.2) is 36.5 Å². The molecule has 0 fully saturated rings. The summed E-state index contributed by atoms with van der Waals surface area (Å²) in [5.74, 6) is 0.540. The number of rotatable bonds is 1. The molecule has 0 saturated carbocycles. The number of para-hydroxylation sites is 1. The van der Waals surface area contributed by atoms with Crippen LogP contribution in [0.5, 0.6) is 0 Å². The lowest BCUT2D eigenvalue weighted by Crippen LogP contribution is -1.90. The molecule has 0 amide bonds. The third kappa shape index (κ3) is 2.56. The summed E-state index contributed by atoms with van der Waals surface area (Å²) in [5, 5.41) is 1.23. The predicted octanol–water partition coefficient (Wildman–Crippen LogP) is 4.38. The summed E-state index contributed by atoms with van der Waals surface area (Å²) in [6, 6.07) is 10.4. The van der Waals surface area contributed by atoms with Crippen LogP contribution in [0.2, 0.25) is 0 Å². The molecule has 0 unspecified atom stereocenters. The molecule has 0 aliphatic carbocycles. The Labute approximate surface area is 92.2 Å². The van der Waals surface area contributed by atoms with Gasteiger partial charge < -0.3 is 0 Å². The van der Waals surface area contributed by atoms with E-state index in [1.165, 1.54) is 10.9 Å². The van der Waals surface area contributed by atoms with E-state index >= 15 is 0 Å². The van der Waals surface area contributed by atoms with Crippen molar-refractivity contribution in [1.29, 1.82) is 0 Å². The van der Waals surface area contributed by atoms with Gasteiger partial charge in [-0.2, -0.15) is 0 Å². The summed E-state index contributed by atoms with van der Waals surface area (Å²) < 4.78 is 0. The maximum Gasteiger partial charge on any atom is 0.0736 e. The van der Waals surface area contributed by atoms with Crippen molar-refractivity contribution < 1.29 is 0 Å². The number of pyridine rings is 1. The zero-order chi connectivity index (χ0) is 11.3. The minimum atomic E-state index is 0.540. The van der Waals surface area contributed by atoms with Gasteiger partial charge in [-0.3, -0.25) is 4.98 Å². The molecule has 0 aliphatic rings. The number of hydrogen-bond donors (Lipinski definition) is 0. The molecule has 2 rings (SSSR count). The van der Waals surface area contributed by atoms with E-state index in [-0.39, 0.29) is 0 Å². The van der Waals surface area contributed by atoms with Gasteiger partial charge in [0.1, 0.15) is 0 Å². The van der Waals surface area contributed by atoms with Crippen LogP contribution in [0.4, 0.5) is 0 Å². The van der Waals surface area contributed by atoms with Gasteiger partial charge in [0, 0.05) is 11.6 Å². The number of fused-ring (bicyclic) bond motifs is 1. The van der Waals surface area contributed by atoms with Gasteiger partial charge in [0.25, 0.3) is 0 Å². The van der Waals surface area contributed by atoms with E-state index in [9.17, 15) is 0 Å². The second kappa shape index (κ2) is 5.50. The van der Waals surface area contributed by atoms with Crippen LogP contribution < -0.4 is 0 Å². The van der Waals surface area contributed by atoms with Gasteiger partial charge >= 0.3 is 0 Å². The quantitative estimate of drug-likeness (QED) is 0.667. The first-order valence-electron chi connectivity index (χ1n) is 5.62. The molecular weight excluding hydrogens is 182 g/mol. The van der Waals surface area contributed by atoms with Crippen LogP contribution >= 0.6 is 0 Å². The van der Waals surface area contributed by atoms with Gasteiger partial charge in [0.15, 0.2) is 0 Å². The number of benzene rings is 1. The van der Waals surface area contributed by atoms with Crippen molar-refractivity contribution >= 4 is 10.9 Å². The molecule has 0 aliphatic heterocycles. The summed E-state index contributed by atoms with van der Waals surface area (Å²) in [6.07, 6.45) is 1.86. The average Bonchev–Trinajstić information content (AvgIpc) is 2.31. The molecule has 1 heterocycles. The highest BCUT2D eigenvalue weighted by Gasteiger charge is 2.04. The van der Waals surface area contributed by atoms with Crippen molar-refractivity contribution in [3.05, 3.63) is 42.1 Å². The van der Waals surface area contributed by atoms with Crippen LogP contribution in [0.25, 0.3) is 10.9 Å². The summed E-state index contributed by atoms with van der Waals surface area (Å²) >= 11 is 0. The molecule has 0 atom stereocenters. The molecule has 15 heavy (non-hydrogen) atoms. The summed E-state index contributed by atoms with van der Waals surface area (Å²) in [5.41, 5.74) is 2.47. The highest BCUT2D eigenvalue weighted by molar-refractivity contribution is 5.81. The Morgan fingerprint density at radius 2 is 1.67 bits per heavy atom. The first-order chi connectivity index (χ1) is 7.29. The second-order valence-electron chi connectivity index (χ2n) is 3.58. The fourth-order valence-electron chi connectivity index (χ4n) is 1.59. The van der Waals surface area contributed by atoms with Crippen LogP contribution in [0, 0.1) is 0 Å². The lowest BCUT2D eigenvalue weighted by molar-refractivity contribution is 0.873. The molecule has 80 valence electrons. The first kappa shape index (κ1) is 11.7. The van der Waals surface area contributed by atoms with Crippen LogP contribution in [-0.2, 0) is 0 Å². The Balaban J connectivity index is 0.000000531. The lowest BCUT2D eigenvalue weighted by Gasteiger charge is -2.07. The van der Waals surface area contributed by atoms with Crippen molar-refractivity contribution in [3.63, 3.8) is 0 Å². The molecule has 1 heteroatoms. The highest BCUT2D eigenvalue weighted by Crippen LogP contribution is 2.22. The van der Waals surface area contributed by atoms with Crippen molar-refractivity contribution in [2.24, 2.45) is 0 Å².